The number of rotatable bonds is 4. The van der Waals surface area contributed by atoms with E-state index in [1.807, 2.05) is 7.05 Å². The second kappa shape index (κ2) is 5.88. The van der Waals surface area contributed by atoms with Crippen LogP contribution in [0.2, 0.25) is 0 Å². The largest absolute Gasteiger partial charge is 0.388 e. The molecule has 1 heterocycles. The Hall–Kier alpha value is -2.22. The van der Waals surface area contributed by atoms with E-state index < -0.39 is 0 Å². The first-order chi connectivity index (χ1) is 10.6. The minimum Gasteiger partial charge on any atom is -0.388 e. The highest BCUT2D eigenvalue weighted by atomic mass is 14.9. The lowest BCUT2D eigenvalue weighted by Gasteiger charge is -2.21. The average molecular weight is 292 g/mol. The fourth-order valence-electron chi connectivity index (χ4n) is 3.40. The Kier molecular flexibility index (Phi) is 3.93. The number of para-hydroxylation sites is 1. The molecular weight excluding hydrogens is 268 g/mol. The Morgan fingerprint density at radius 3 is 2.27 bits per heavy atom. The molecule has 1 N–H and O–H groups in total. The van der Waals surface area contributed by atoms with Gasteiger partial charge in [0.2, 0.25) is 0 Å². The Labute approximate surface area is 132 Å². The van der Waals surface area contributed by atoms with E-state index in [-0.39, 0.29) is 0 Å². The first-order valence-electron chi connectivity index (χ1n) is 7.93. The predicted octanol–water partition coefficient (Wildman–Crippen LogP) is 5.01. The summed E-state index contributed by atoms with van der Waals surface area (Å²) in [7, 11) is 4.09. The standard InChI is InChI=1S/C20H24N2/c1-14(2)20(15-9-11-16(21-3)12-10-15)18-13-22(4)19-8-6-5-7-17(18)19/h5-14,20-21H,1-4H3. The lowest BCUT2D eigenvalue weighted by molar-refractivity contribution is 0.565. The smallest absolute Gasteiger partial charge is 0.0480 e. The number of hydrogen-bond acceptors (Lipinski definition) is 1. The monoisotopic (exact) mass is 292 g/mol. The van der Waals surface area contributed by atoms with Gasteiger partial charge in [0.1, 0.15) is 0 Å². The van der Waals surface area contributed by atoms with E-state index in [9.17, 15) is 0 Å². The lowest BCUT2D eigenvalue weighted by atomic mass is 9.82. The summed E-state index contributed by atoms with van der Waals surface area (Å²) < 4.78 is 2.24. The third-order valence-corrected chi connectivity index (χ3v) is 4.49. The molecule has 0 saturated carbocycles. The lowest BCUT2D eigenvalue weighted by Crippen LogP contribution is -2.08. The van der Waals surface area contributed by atoms with Crippen molar-refractivity contribution in [2.75, 3.05) is 12.4 Å². The normalized spacial score (nSPS) is 12.8. The third-order valence-electron chi connectivity index (χ3n) is 4.49. The Balaban J connectivity index is 2.13. The summed E-state index contributed by atoms with van der Waals surface area (Å²) in [5, 5.41) is 4.55. The number of nitrogens with one attached hydrogen (secondary N) is 1. The first-order valence-corrected chi connectivity index (χ1v) is 7.93. The molecule has 0 fully saturated rings. The van der Waals surface area contributed by atoms with Crippen LogP contribution in [-0.2, 0) is 7.05 Å². The number of benzene rings is 2. The number of nitrogens with zero attached hydrogens (tertiary/aromatic N) is 1. The van der Waals surface area contributed by atoms with Gasteiger partial charge in [-0.2, -0.15) is 0 Å². The Morgan fingerprint density at radius 2 is 1.64 bits per heavy atom. The number of fused-ring (bicyclic) bond motifs is 1. The van der Waals surface area contributed by atoms with Crippen molar-refractivity contribution in [2.24, 2.45) is 13.0 Å². The Morgan fingerprint density at radius 1 is 0.955 bits per heavy atom. The molecule has 22 heavy (non-hydrogen) atoms. The predicted molar refractivity (Wildman–Crippen MR) is 95.6 cm³/mol. The van der Waals surface area contributed by atoms with Gasteiger partial charge in [-0.3, -0.25) is 0 Å². The fourth-order valence-corrected chi connectivity index (χ4v) is 3.40. The van der Waals surface area contributed by atoms with Crippen molar-refractivity contribution < 1.29 is 0 Å². The molecule has 2 aromatic carbocycles. The molecule has 3 rings (SSSR count). The summed E-state index contributed by atoms with van der Waals surface area (Å²) in [4.78, 5) is 0. The Bertz CT molecular complexity index is 766. The molecule has 1 unspecified atom stereocenters. The first kappa shape index (κ1) is 14.7. The highest BCUT2D eigenvalue weighted by Crippen LogP contribution is 2.37. The van der Waals surface area contributed by atoms with Crippen LogP contribution in [0.4, 0.5) is 5.69 Å². The van der Waals surface area contributed by atoms with E-state index in [4.69, 9.17) is 0 Å². The van der Waals surface area contributed by atoms with Crippen molar-refractivity contribution >= 4 is 16.6 Å². The van der Waals surface area contributed by atoms with E-state index in [0.717, 1.165) is 5.69 Å². The molecule has 114 valence electrons. The van der Waals surface area contributed by atoms with E-state index in [1.54, 1.807) is 0 Å². The van der Waals surface area contributed by atoms with Crippen LogP contribution in [0.5, 0.6) is 0 Å². The fraction of sp³-hybridized carbons (Fsp3) is 0.300. The zero-order chi connectivity index (χ0) is 15.7. The molecule has 1 aromatic heterocycles. The zero-order valence-electron chi connectivity index (χ0n) is 13.8. The highest BCUT2D eigenvalue weighted by Gasteiger charge is 2.22. The van der Waals surface area contributed by atoms with Crippen LogP contribution in [-0.4, -0.2) is 11.6 Å². The summed E-state index contributed by atoms with van der Waals surface area (Å²) in [6.45, 7) is 4.61. The van der Waals surface area contributed by atoms with Crippen LogP contribution in [0.15, 0.2) is 54.7 Å². The van der Waals surface area contributed by atoms with Crippen LogP contribution in [0.1, 0.15) is 30.9 Å². The summed E-state index contributed by atoms with van der Waals surface area (Å²) in [5.74, 6) is 0.961. The van der Waals surface area contributed by atoms with E-state index in [0.29, 0.717) is 11.8 Å². The summed E-state index contributed by atoms with van der Waals surface area (Å²) in [6, 6.07) is 17.5. The van der Waals surface area contributed by atoms with Gasteiger partial charge >= 0.3 is 0 Å². The third kappa shape index (κ3) is 2.50. The topological polar surface area (TPSA) is 17.0 Å². The second-order valence-corrected chi connectivity index (χ2v) is 6.31. The average Bonchev–Trinajstić information content (AvgIpc) is 2.85. The summed E-state index contributed by atoms with van der Waals surface area (Å²) in [6.07, 6.45) is 2.29. The number of anilines is 1. The number of aromatic nitrogens is 1. The van der Waals surface area contributed by atoms with Crippen LogP contribution in [0.3, 0.4) is 0 Å². The molecule has 0 aliphatic heterocycles. The van der Waals surface area contributed by atoms with Crippen molar-refractivity contribution in [3.63, 3.8) is 0 Å². The molecule has 1 atom stereocenters. The van der Waals surface area contributed by atoms with Gasteiger partial charge in [0, 0.05) is 42.8 Å². The van der Waals surface area contributed by atoms with Gasteiger partial charge in [-0.25, -0.2) is 0 Å². The van der Waals surface area contributed by atoms with Gasteiger partial charge in [-0.05, 0) is 35.2 Å². The van der Waals surface area contributed by atoms with Crippen molar-refractivity contribution in [1.29, 1.82) is 0 Å². The molecule has 0 radical (unpaired) electrons. The van der Waals surface area contributed by atoms with Crippen LogP contribution < -0.4 is 5.32 Å². The minimum absolute atomic E-state index is 0.414. The maximum Gasteiger partial charge on any atom is 0.0480 e. The van der Waals surface area contributed by atoms with Crippen molar-refractivity contribution in [1.82, 2.24) is 4.57 Å². The molecule has 2 heteroatoms. The van der Waals surface area contributed by atoms with Gasteiger partial charge in [-0.15, -0.1) is 0 Å². The molecule has 0 amide bonds. The molecule has 0 aliphatic carbocycles. The molecule has 3 aromatic rings. The summed E-state index contributed by atoms with van der Waals surface area (Å²) in [5.41, 5.74) is 5.26. The zero-order valence-corrected chi connectivity index (χ0v) is 13.8. The van der Waals surface area contributed by atoms with Crippen LogP contribution >= 0.6 is 0 Å². The number of aryl methyl sites for hydroxylation is 1. The van der Waals surface area contributed by atoms with Gasteiger partial charge in [0.05, 0.1) is 0 Å². The van der Waals surface area contributed by atoms with Crippen molar-refractivity contribution in [2.45, 2.75) is 19.8 Å². The maximum absolute atomic E-state index is 3.19. The molecule has 0 bridgehead atoms. The van der Waals surface area contributed by atoms with Gasteiger partial charge in [-0.1, -0.05) is 44.2 Å². The maximum atomic E-state index is 3.19. The highest BCUT2D eigenvalue weighted by molar-refractivity contribution is 5.85. The second-order valence-electron chi connectivity index (χ2n) is 6.31. The quantitative estimate of drug-likeness (QED) is 0.715. The molecule has 0 saturated heterocycles. The van der Waals surface area contributed by atoms with Gasteiger partial charge in [0.15, 0.2) is 0 Å². The molecular formula is C20H24N2. The van der Waals surface area contributed by atoms with E-state index in [1.165, 1.54) is 22.0 Å². The minimum atomic E-state index is 0.414. The summed E-state index contributed by atoms with van der Waals surface area (Å²) >= 11 is 0. The van der Waals surface area contributed by atoms with Crippen molar-refractivity contribution in [3.8, 4) is 0 Å². The van der Waals surface area contributed by atoms with Gasteiger partial charge in [0.25, 0.3) is 0 Å². The molecule has 0 aliphatic rings. The molecule has 2 nitrogen and oxygen atoms in total. The van der Waals surface area contributed by atoms with E-state index >= 15 is 0 Å². The van der Waals surface area contributed by atoms with E-state index in [2.05, 4.69) is 85.5 Å². The van der Waals surface area contributed by atoms with Crippen LogP contribution in [0.25, 0.3) is 10.9 Å². The van der Waals surface area contributed by atoms with Crippen molar-refractivity contribution in [3.05, 3.63) is 65.9 Å². The SMILES string of the molecule is CNc1ccc(C(c2cn(C)c3ccccc23)C(C)C)cc1. The van der Waals surface area contributed by atoms with Crippen LogP contribution in [0, 0.1) is 5.92 Å². The number of hydrogen-bond donors (Lipinski definition) is 1. The molecule has 0 spiro atoms. The van der Waals surface area contributed by atoms with Gasteiger partial charge < -0.3 is 9.88 Å².